The number of hydrogen-bond donors (Lipinski definition) is 0. The molecule has 0 fully saturated rings. The van der Waals surface area contributed by atoms with Crippen LogP contribution in [0.2, 0.25) is 0 Å². The monoisotopic (exact) mass is 193 g/mol. The summed E-state index contributed by atoms with van der Waals surface area (Å²) in [5.74, 6) is 0.474. The maximum Gasteiger partial charge on any atom is 0.284 e. The zero-order valence-electron chi connectivity index (χ0n) is 7.90. The van der Waals surface area contributed by atoms with Gasteiger partial charge >= 0.3 is 0 Å². The molecule has 0 radical (unpaired) electrons. The summed E-state index contributed by atoms with van der Waals surface area (Å²) >= 11 is 0. The van der Waals surface area contributed by atoms with Crippen LogP contribution in [-0.4, -0.2) is 24.3 Å². The standard InChI is InChI=1S/C10H11NO3/c1-2-14-11-7-13-9-6-4-3-5-8(9)10(11)12/h3-6H,2,7H2,1H3. The van der Waals surface area contributed by atoms with Crippen LogP contribution in [0.1, 0.15) is 17.3 Å². The number of hydroxylamine groups is 2. The van der Waals surface area contributed by atoms with E-state index in [0.29, 0.717) is 17.9 Å². The number of hydrogen-bond acceptors (Lipinski definition) is 3. The number of benzene rings is 1. The molecule has 1 heterocycles. The third kappa shape index (κ3) is 1.44. The molecule has 0 N–H and O–H groups in total. The Morgan fingerprint density at radius 1 is 1.50 bits per heavy atom. The van der Waals surface area contributed by atoms with Crippen molar-refractivity contribution in [2.24, 2.45) is 0 Å². The van der Waals surface area contributed by atoms with E-state index in [1.54, 1.807) is 18.2 Å². The lowest BCUT2D eigenvalue weighted by atomic mass is 10.2. The Bertz CT molecular complexity index is 351. The average molecular weight is 193 g/mol. The molecule has 0 spiro atoms. The molecule has 2 rings (SSSR count). The molecule has 4 nitrogen and oxygen atoms in total. The minimum atomic E-state index is -0.145. The Kier molecular flexibility index (Phi) is 2.37. The number of rotatable bonds is 2. The second kappa shape index (κ2) is 3.67. The van der Waals surface area contributed by atoms with Gasteiger partial charge in [0.2, 0.25) is 0 Å². The molecule has 1 aromatic carbocycles. The normalized spacial score (nSPS) is 14.9. The van der Waals surface area contributed by atoms with Crippen molar-refractivity contribution in [1.82, 2.24) is 5.06 Å². The SMILES string of the molecule is CCON1COc2ccccc2C1=O. The molecule has 74 valence electrons. The molecule has 1 aromatic rings. The van der Waals surface area contributed by atoms with E-state index in [9.17, 15) is 4.79 Å². The van der Waals surface area contributed by atoms with Crippen LogP contribution in [-0.2, 0) is 4.84 Å². The van der Waals surface area contributed by atoms with Crippen LogP contribution in [0, 0.1) is 0 Å². The number of ether oxygens (including phenoxy) is 1. The summed E-state index contributed by atoms with van der Waals surface area (Å²) < 4.78 is 5.34. The third-order valence-electron chi connectivity index (χ3n) is 1.97. The number of para-hydroxylation sites is 1. The Hall–Kier alpha value is -1.55. The molecule has 0 bridgehead atoms. The van der Waals surface area contributed by atoms with Crippen LogP contribution in [0.25, 0.3) is 0 Å². The summed E-state index contributed by atoms with van der Waals surface area (Å²) in [7, 11) is 0. The van der Waals surface area contributed by atoms with E-state index in [1.807, 2.05) is 13.0 Å². The summed E-state index contributed by atoms with van der Waals surface area (Å²) in [4.78, 5) is 16.8. The summed E-state index contributed by atoms with van der Waals surface area (Å²) in [6.07, 6.45) is 0. The zero-order chi connectivity index (χ0) is 9.97. The fourth-order valence-corrected chi connectivity index (χ4v) is 1.34. The van der Waals surface area contributed by atoms with Crippen molar-refractivity contribution in [1.29, 1.82) is 0 Å². The van der Waals surface area contributed by atoms with Crippen molar-refractivity contribution in [2.45, 2.75) is 6.92 Å². The molecule has 14 heavy (non-hydrogen) atoms. The lowest BCUT2D eigenvalue weighted by molar-refractivity contribution is -0.154. The maximum absolute atomic E-state index is 11.7. The van der Waals surface area contributed by atoms with Crippen molar-refractivity contribution >= 4 is 5.91 Å². The highest BCUT2D eigenvalue weighted by atomic mass is 16.7. The molecule has 0 unspecified atom stereocenters. The molecule has 1 aliphatic heterocycles. The first-order chi connectivity index (χ1) is 6.83. The number of nitrogens with zero attached hydrogens (tertiary/aromatic N) is 1. The van der Waals surface area contributed by atoms with Gasteiger partial charge in [0.05, 0.1) is 12.2 Å². The van der Waals surface area contributed by atoms with Crippen LogP contribution < -0.4 is 4.74 Å². The Labute approximate surface area is 82.0 Å². The van der Waals surface area contributed by atoms with Gasteiger partial charge in [0, 0.05) is 0 Å². The summed E-state index contributed by atoms with van der Waals surface area (Å²) in [6, 6.07) is 7.14. The highest BCUT2D eigenvalue weighted by Gasteiger charge is 2.25. The first kappa shape index (κ1) is 9.02. The van der Waals surface area contributed by atoms with Gasteiger partial charge < -0.3 is 4.74 Å². The number of fused-ring (bicyclic) bond motifs is 1. The molecular weight excluding hydrogens is 182 g/mol. The average Bonchev–Trinajstić information content (AvgIpc) is 2.23. The molecular formula is C10H11NO3. The maximum atomic E-state index is 11.7. The van der Waals surface area contributed by atoms with Gasteiger partial charge in [-0.05, 0) is 19.1 Å². The largest absolute Gasteiger partial charge is 0.470 e. The smallest absolute Gasteiger partial charge is 0.284 e. The van der Waals surface area contributed by atoms with Crippen LogP contribution in [0.3, 0.4) is 0 Å². The molecule has 0 aromatic heterocycles. The fraction of sp³-hybridized carbons (Fsp3) is 0.300. The van der Waals surface area contributed by atoms with Crippen molar-refractivity contribution in [3.05, 3.63) is 29.8 Å². The quantitative estimate of drug-likeness (QED) is 0.713. The second-order valence-electron chi connectivity index (χ2n) is 2.87. The van der Waals surface area contributed by atoms with Gasteiger partial charge in [-0.1, -0.05) is 12.1 Å². The first-order valence-corrected chi connectivity index (χ1v) is 4.49. The molecule has 0 saturated heterocycles. The topological polar surface area (TPSA) is 38.8 Å². The van der Waals surface area contributed by atoms with Gasteiger partial charge in [0.1, 0.15) is 5.75 Å². The van der Waals surface area contributed by atoms with Crippen molar-refractivity contribution < 1.29 is 14.4 Å². The number of amides is 1. The van der Waals surface area contributed by atoms with Crippen LogP contribution in [0.15, 0.2) is 24.3 Å². The predicted molar refractivity (Wildman–Crippen MR) is 49.7 cm³/mol. The third-order valence-corrected chi connectivity index (χ3v) is 1.97. The zero-order valence-corrected chi connectivity index (χ0v) is 7.90. The van der Waals surface area contributed by atoms with E-state index < -0.39 is 0 Å². The summed E-state index contributed by atoms with van der Waals surface area (Å²) in [5, 5.41) is 1.22. The van der Waals surface area contributed by atoms with E-state index in [4.69, 9.17) is 9.57 Å². The Morgan fingerprint density at radius 2 is 2.29 bits per heavy atom. The molecule has 0 aliphatic carbocycles. The van der Waals surface area contributed by atoms with E-state index >= 15 is 0 Å². The highest BCUT2D eigenvalue weighted by molar-refractivity contribution is 5.96. The van der Waals surface area contributed by atoms with Gasteiger partial charge in [-0.3, -0.25) is 9.63 Å². The van der Waals surface area contributed by atoms with Crippen LogP contribution in [0.4, 0.5) is 0 Å². The molecule has 1 amide bonds. The lowest BCUT2D eigenvalue weighted by Crippen LogP contribution is -2.38. The lowest BCUT2D eigenvalue weighted by Gasteiger charge is -2.26. The van der Waals surface area contributed by atoms with E-state index in [1.165, 1.54) is 5.06 Å². The summed E-state index contributed by atoms with van der Waals surface area (Å²) in [6.45, 7) is 2.44. The minimum absolute atomic E-state index is 0.145. The van der Waals surface area contributed by atoms with Gasteiger partial charge in [0.15, 0.2) is 6.73 Å². The van der Waals surface area contributed by atoms with E-state index in [2.05, 4.69) is 0 Å². The van der Waals surface area contributed by atoms with Crippen molar-refractivity contribution in [2.75, 3.05) is 13.3 Å². The number of carbonyl (C=O) groups excluding carboxylic acids is 1. The Balaban J connectivity index is 2.27. The first-order valence-electron chi connectivity index (χ1n) is 4.49. The molecule has 1 aliphatic rings. The highest BCUT2D eigenvalue weighted by Crippen LogP contribution is 2.24. The van der Waals surface area contributed by atoms with Crippen LogP contribution >= 0.6 is 0 Å². The number of carbonyl (C=O) groups is 1. The summed E-state index contributed by atoms with van der Waals surface area (Å²) in [5.41, 5.74) is 0.548. The van der Waals surface area contributed by atoms with Crippen molar-refractivity contribution in [3.63, 3.8) is 0 Å². The minimum Gasteiger partial charge on any atom is -0.470 e. The van der Waals surface area contributed by atoms with Gasteiger partial charge in [-0.15, -0.1) is 0 Å². The van der Waals surface area contributed by atoms with Gasteiger partial charge in [0.25, 0.3) is 5.91 Å². The molecule has 0 atom stereocenters. The van der Waals surface area contributed by atoms with E-state index in [-0.39, 0.29) is 12.6 Å². The van der Waals surface area contributed by atoms with Crippen LogP contribution in [0.5, 0.6) is 5.75 Å². The molecule has 4 heteroatoms. The van der Waals surface area contributed by atoms with Gasteiger partial charge in [-0.25, -0.2) is 0 Å². The van der Waals surface area contributed by atoms with Crippen molar-refractivity contribution in [3.8, 4) is 5.75 Å². The Morgan fingerprint density at radius 3 is 3.07 bits per heavy atom. The van der Waals surface area contributed by atoms with Gasteiger partial charge in [-0.2, -0.15) is 5.06 Å². The second-order valence-corrected chi connectivity index (χ2v) is 2.87. The molecule has 0 saturated carbocycles. The predicted octanol–water partition coefficient (Wildman–Crippen LogP) is 1.43. The van der Waals surface area contributed by atoms with E-state index in [0.717, 1.165) is 0 Å². The fourth-order valence-electron chi connectivity index (χ4n) is 1.34.